The number of hydrogen-bond acceptors (Lipinski definition) is 4. The highest BCUT2D eigenvalue weighted by atomic mass is 35.5. The Morgan fingerprint density at radius 3 is 2.26 bits per heavy atom. The van der Waals surface area contributed by atoms with Crippen molar-refractivity contribution < 1.29 is 0 Å². The van der Waals surface area contributed by atoms with E-state index in [4.69, 9.17) is 23.2 Å². The molecule has 0 spiro atoms. The zero-order valence-electron chi connectivity index (χ0n) is 12.1. The van der Waals surface area contributed by atoms with E-state index in [0.29, 0.717) is 5.56 Å². The molecule has 0 bridgehead atoms. The Morgan fingerprint density at radius 2 is 1.65 bits per heavy atom. The van der Waals surface area contributed by atoms with Crippen molar-refractivity contribution in [3.63, 3.8) is 0 Å². The number of rotatable bonds is 1. The first-order valence-electron chi connectivity index (χ1n) is 6.47. The molecule has 0 atom stereocenters. The minimum absolute atomic E-state index is 0.0344. The van der Waals surface area contributed by atoms with Gasteiger partial charge in [-0.05, 0) is 12.1 Å². The summed E-state index contributed by atoms with van der Waals surface area (Å²) < 4.78 is 2.05. The van der Waals surface area contributed by atoms with E-state index >= 15 is 0 Å². The molecule has 0 unspecified atom stereocenters. The number of benzene rings is 1. The third kappa shape index (κ3) is 2.29. The summed E-state index contributed by atoms with van der Waals surface area (Å²) in [5.41, 5.74) is -1.50. The van der Waals surface area contributed by atoms with Crippen molar-refractivity contribution in [3.8, 4) is 11.3 Å². The van der Waals surface area contributed by atoms with Gasteiger partial charge in [-0.25, -0.2) is 9.59 Å². The maximum absolute atomic E-state index is 12.5. The fourth-order valence-corrected chi connectivity index (χ4v) is 2.99. The Balaban J connectivity index is 2.66. The van der Waals surface area contributed by atoms with E-state index in [9.17, 15) is 14.4 Å². The van der Waals surface area contributed by atoms with E-state index in [1.165, 1.54) is 14.1 Å². The number of hydrogen-bond donors (Lipinski definition) is 1. The zero-order valence-corrected chi connectivity index (χ0v) is 13.6. The van der Waals surface area contributed by atoms with Crippen LogP contribution in [0, 0.1) is 0 Å². The molecule has 0 fully saturated rings. The van der Waals surface area contributed by atoms with Crippen LogP contribution in [0.25, 0.3) is 22.3 Å². The van der Waals surface area contributed by atoms with Gasteiger partial charge in [-0.15, -0.1) is 0 Å². The zero-order chi connectivity index (χ0) is 16.9. The highest BCUT2D eigenvalue weighted by molar-refractivity contribution is 6.39. The fraction of sp³-hybridized carbons (Fsp3) is 0.143. The van der Waals surface area contributed by atoms with Crippen LogP contribution in [0.4, 0.5) is 0 Å². The molecule has 1 N–H and O–H groups in total. The molecular formula is C14H10Cl2N4O3. The van der Waals surface area contributed by atoms with Gasteiger partial charge < -0.3 is 4.98 Å². The molecule has 1 aromatic carbocycles. The summed E-state index contributed by atoms with van der Waals surface area (Å²) in [6.07, 6.45) is 0. The molecule has 0 aliphatic carbocycles. The van der Waals surface area contributed by atoms with E-state index in [0.717, 1.165) is 9.13 Å². The molecule has 118 valence electrons. The summed E-state index contributed by atoms with van der Waals surface area (Å²) in [7, 11) is 2.77. The fourth-order valence-electron chi connectivity index (χ4n) is 2.40. The van der Waals surface area contributed by atoms with Crippen LogP contribution in [0.2, 0.25) is 10.0 Å². The number of fused-ring (bicyclic) bond motifs is 1. The predicted molar refractivity (Wildman–Crippen MR) is 88.3 cm³/mol. The van der Waals surface area contributed by atoms with Crippen LogP contribution < -0.4 is 16.9 Å². The normalized spacial score (nSPS) is 11.1. The topological polar surface area (TPSA) is 89.8 Å². The molecule has 3 rings (SSSR count). The van der Waals surface area contributed by atoms with Crippen molar-refractivity contribution >= 4 is 34.2 Å². The number of aromatic nitrogens is 4. The van der Waals surface area contributed by atoms with Crippen LogP contribution in [0.15, 0.2) is 32.6 Å². The van der Waals surface area contributed by atoms with Gasteiger partial charge in [-0.2, -0.15) is 4.98 Å². The Morgan fingerprint density at radius 1 is 1.04 bits per heavy atom. The van der Waals surface area contributed by atoms with Gasteiger partial charge >= 0.3 is 11.4 Å². The highest BCUT2D eigenvalue weighted by Gasteiger charge is 2.19. The van der Waals surface area contributed by atoms with Crippen LogP contribution in [-0.2, 0) is 14.1 Å². The maximum atomic E-state index is 12.5. The van der Waals surface area contributed by atoms with Crippen LogP contribution in [-0.4, -0.2) is 19.1 Å². The van der Waals surface area contributed by atoms with Gasteiger partial charge in [0.05, 0.1) is 15.7 Å². The van der Waals surface area contributed by atoms with Crippen molar-refractivity contribution in [2.45, 2.75) is 0 Å². The van der Waals surface area contributed by atoms with E-state index in [1.54, 1.807) is 18.2 Å². The molecule has 2 aromatic heterocycles. The first-order valence-corrected chi connectivity index (χ1v) is 7.23. The van der Waals surface area contributed by atoms with Crippen molar-refractivity contribution in [1.82, 2.24) is 19.1 Å². The van der Waals surface area contributed by atoms with E-state index in [2.05, 4.69) is 9.97 Å². The molecule has 3 aromatic rings. The summed E-state index contributed by atoms with van der Waals surface area (Å²) in [4.78, 5) is 42.7. The summed E-state index contributed by atoms with van der Waals surface area (Å²) >= 11 is 12.4. The Kier molecular flexibility index (Phi) is 3.62. The van der Waals surface area contributed by atoms with Gasteiger partial charge in [0.1, 0.15) is 5.39 Å². The Hall–Kier alpha value is -2.38. The van der Waals surface area contributed by atoms with E-state index in [-0.39, 0.29) is 26.8 Å². The summed E-state index contributed by atoms with van der Waals surface area (Å²) in [5, 5.41) is 0.581. The molecule has 0 amide bonds. The molecule has 0 aliphatic rings. The monoisotopic (exact) mass is 352 g/mol. The third-order valence-electron chi connectivity index (χ3n) is 3.54. The van der Waals surface area contributed by atoms with Crippen LogP contribution in [0.5, 0.6) is 0 Å². The Labute approximate surface area is 138 Å². The SMILES string of the molecule is Cn1c(=O)c2c(-c3c(Cl)cccc3Cl)[nH]c(=O)nc2n(C)c1=O. The molecule has 9 heteroatoms. The highest BCUT2D eigenvalue weighted by Crippen LogP contribution is 2.34. The summed E-state index contributed by atoms with van der Waals surface area (Å²) in [6, 6.07) is 4.81. The lowest BCUT2D eigenvalue weighted by Crippen LogP contribution is -2.38. The molecule has 0 saturated carbocycles. The first kappa shape index (κ1) is 15.5. The van der Waals surface area contributed by atoms with Crippen LogP contribution in [0.3, 0.4) is 0 Å². The molecular weight excluding hydrogens is 343 g/mol. The van der Waals surface area contributed by atoms with E-state index < -0.39 is 16.9 Å². The van der Waals surface area contributed by atoms with Gasteiger partial charge in [0, 0.05) is 19.7 Å². The quantitative estimate of drug-likeness (QED) is 0.714. The minimum atomic E-state index is -0.716. The second-order valence-electron chi connectivity index (χ2n) is 4.92. The lowest BCUT2D eigenvalue weighted by atomic mass is 10.1. The number of nitrogens with zero attached hydrogens (tertiary/aromatic N) is 3. The average Bonchev–Trinajstić information content (AvgIpc) is 2.50. The number of H-pyrrole nitrogens is 1. The molecule has 0 aliphatic heterocycles. The largest absolute Gasteiger partial charge is 0.347 e. The standard InChI is InChI=1S/C14H10Cl2N4O3/c1-19-11-9(12(21)20(2)14(19)23)10(17-13(22)18-11)8-6(15)4-3-5-7(8)16/h3-5H,1-2H3,(H,17,18,22). The Bertz CT molecular complexity index is 1110. The molecule has 0 radical (unpaired) electrons. The predicted octanol–water partition coefficient (Wildman–Crippen LogP) is 1.29. The first-order chi connectivity index (χ1) is 10.8. The molecule has 0 saturated heterocycles. The van der Waals surface area contributed by atoms with Crippen molar-refractivity contribution in [3.05, 3.63) is 59.6 Å². The van der Waals surface area contributed by atoms with Crippen LogP contribution in [0.1, 0.15) is 0 Å². The second-order valence-corrected chi connectivity index (χ2v) is 5.73. The van der Waals surface area contributed by atoms with Crippen molar-refractivity contribution in [2.75, 3.05) is 0 Å². The van der Waals surface area contributed by atoms with Gasteiger partial charge in [-0.3, -0.25) is 13.9 Å². The summed E-state index contributed by atoms with van der Waals surface area (Å²) in [5.74, 6) is 0. The number of halogens is 2. The van der Waals surface area contributed by atoms with E-state index in [1.807, 2.05) is 0 Å². The van der Waals surface area contributed by atoms with Gasteiger partial charge in [0.15, 0.2) is 5.65 Å². The second kappa shape index (κ2) is 5.36. The molecule has 7 nitrogen and oxygen atoms in total. The molecule has 2 heterocycles. The van der Waals surface area contributed by atoms with Crippen molar-refractivity contribution in [1.29, 1.82) is 0 Å². The number of aromatic amines is 1. The molecule has 23 heavy (non-hydrogen) atoms. The van der Waals surface area contributed by atoms with Gasteiger partial charge in [0.2, 0.25) is 0 Å². The number of nitrogens with one attached hydrogen (secondary N) is 1. The average molecular weight is 353 g/mol. The number of aryl methyl sites for hydroxylation is 1. The lowest BCUT2D eigenvalue weighted by Gasteiger charge is -2.12. The third-order valence-corrected chi connectivity index (χ3v) is 4.17. The van der Waals surface area contributed by atoms with Gasteiger partial charge in [-0.1, -0.05) is 29.3 Å². The minimum Gasteiger partial charge on any atom is -0.304 e. The maximum Gasteiger partial charge on any atom is 0.347 e. The lowest BCUT2D eigenvalue weighted by molar-refractivity contribution is 0.705. The van der Waals surface area contributed by atoms with Crippen molar-refractivity contribution in [2.24, 2.45) is 14.1 Å². The van der Waals surface area contributed by atoms with Gasteiger partial charge in [0.25, 0.3) is 5.56 Å². The summed E-state index contributed by atoms with van der Waals surface area (Å²) in [6.45, 7) is 0. The van der Waals surface area contributed by atoms with Crippen LogP contribution >= 0.6 is 23.2 Å². The smallest absolute Gasteiger partial charge is 0.304 e.